The number of hydrogen-bond donors (Lipinski definition) is 0. The van der Waals surface area contributed by atoms with Gasteiger partial charge < -0.3 is 0 Å². The number of alkyl halides is 1. The Morgan fingerprint density at radius 1 is 1.13 bits per heavy atom. The summed E-state index contributed by atoms with van der Waals surface area (Å²) in [6.07, 6.45) is 2.45. The van der Waals surface area contributed by atoms with Crippen LogP contribution in [-0.2, 0) is 0 Å². The Kier molecular flexibility index (Phi) is 5.17. The first kappa shape index (κ1) is 12.6. The SMILES string of the molecule is CCC(C)CC(C)C(Cl)c1ccccc1. The molecule has 0 radical (unpaired) electrons. The van der Waals surface area contributed by atoms with Gasteiger partial charge >= 0.3 is 0 Å². The zero-order valence-electron chi connectivity index (χ0n) is 9.91. The molecule has 1 heteroatoms. The summed E-state index contributed by atoms with van der Waals surface area (Å²) in [5.74, 6) is 1.31. The molecule has 0 spiro atoms. The lowest BCUT2D eigenvalue weighted by Gasteiger charge is -2.21. The minimum Gasteiger partial charge on any atom is -0.118 e. The van der Waals surface area contributed by atoms with Crippen LogP contribution in [-0.4, -0.2) is 0 Å². The Balaban J connectivity index is 2.57. The second-order valence-corrected chi connectivity index (χ2v) is 5.01. The van der Waals surface area contributed by atoms with Crippen molar-refractivity contribution in [3.63, 3.8) is 0 Å². The molecule has 1 rings (SSSR count). The largest absolute Gasteiger partial charge is 0.118 e. The van der Waals surface area contributed by atoms with Crippen molar-refractivity contribution < 1.29 is 0 Å². The molecule has 0 aliphatic rings. The smallest absolute Gasteiger partial charge is 0.0610 e. The van der Waals surface area contributed by atoms with Gasteiger partial charge in [0, 0.05) is 0 Å². The molecule has 0 aromatic heterocycles. The van der Waals surface area contributed by atoms with Crippen LogP contribution in [0.5, 0.6) is 0 Å². The standard InChI is InChI=1S/C14H21Cl/c1-4-11(2)10-12(3)14(15)13-8-6-5-7-9-13/h5-9,11-12,14H,4,10H2,1-3H3. The van der Waals surface area contributed by atoms with Crippen molar-refractivity contribution in [3.8, 4) is 0 Å². The molecule has 84 valence electrons. The van der Waals surface area contributed by atoms with Gasteiger partial charge in [0.15, 0.2) is 0 Å². The van der Waals surface area contributed by atoms with Crippen molar-refractivity contribution in [1.29, 1.82) is 0 Å². The van der Waals surface area contributed by atoms with Gasteiger partial charge in [0.1, 0.15) is 0 Å². The molecule has 15 heavy (non-hydrogen) atoms. The Morgan fingerprint density at radius 3 is 2.27 bits per heavy atom. The van der Waals surface area contributed by atoms with E-state index in [4.69, 9.17) is 11.6 Å². The Morgan fingerprint density at radius 2 is 1.73 bits per heavy atom. The van der Waals surface area contributed by atoms with Gasteiger partial charge in [-0.25, -0.2) is 0 Å². The third-order valence-electron chi connectivity index (χ3n) is 3.09. The van der Waals surface area contributed by atoms with Crippen LogP contribution in [0.3, 0.4) is 0 Å². The Hall–Kier alpha value is -0.490. The molecule has 1 aromatic rings. The van der Waals surface area contributed by atoms with Crippen LogP contribution in [0.4, 0.5) is 0 Å². The monoisotopic (exact) mass is 224 g/mol. The second kappa shape index (κ2) is 6.17. The van der Waals surface area contributed by atoms with E-state index in [9.17, 15) is 0 Å². The molecule has 0 nitrogen and oxygen atoms in total. The molecule has 0 aliphatic carbocycles. The van der Waals surface area contributed by atoms with Crippen LogP contribution in [0, 0.1) is 11.8 Å². The number of halogens is 1. The molecule has 0 N–H and O–H groups in total. The maximum absolute atomic E-state index is 6.46. The summed E-state index contributed by atoms with van der Waals surface area (Å²) in [5.41, 5.74) is 1.25. The molecule has 0 saturated heterocycles. The zero-order valence-corrected chi connectivity index (χ0v) is 10.7. The first-order valence-corrected chi connectivity index (χ1v) is 6.27. The van der Waals surface area contributed by atoms with Crippen LogP contribution < -0.4 is 0 Å². The first-order valence-electron chi connectivity index (χ1n) is 5.84. The average Bonchev–Trinajstić information content (AvgIpc) is 2.29. The van der Waals surface area contributed by atoms with Gasteiger partial charge in [0.25, 0.3) is 0 Å². The van der Waals surface area contributed by atoms with E-state index in [-0.39, 0.29) is 5.38 Å². The van der Waals surface area contributed by atoms with Crippen molar-refractivity contribution in [2.24, 2.45) is 11.8 Å². The highest BCUT2D eigenvalue weighted by atomic mass is 35.5. The van der Waals surface area contributed by atoms with Crippen LogP contribution in [0.1, 0.15) is 44.6 Å². The molecule has 0 saturated carbocycles. The highest BCUT2D eigenvalue weighted by Gasteiger charge is 2.17. The number of rotatable bonds is 5. The first-order chi connectivity index (χ1) is 7.15. The van der Waals surface area contributed by atoms with Crippen LogP contribution in [0.15, 0.2) is 30.3 Å². The lowest BCUT2D eigenvalue weighted by atomic mass is 9.90. The van der Waals surface area contributed by atoms with Gasteiger partial charge in [-0.3, -0.25) is 0 Å². The minimum absolute atomic E-state index is 0.153. The molecule has 3 unspecified atom stereocenters. The molecular weight excluding hydrogens is 204 g/mol. The van der Waals surface area contributed by atoms with Crippen molar-refractivity contribution in [2.45, 2.75) is 39.0 Å². The molecule has 0 bridgehead atoms. The summed E-state index contributed by atoms with van der Waals surface area (Å²) < 4.78 is 0. The summed E-state index contributed by atoms with van der Waals surface area (Å²) in [6.45, 7) is 6.78. The van der Waals surface area contributed by atoms with Gasteiger partial charge in [0.2, 0.25) is 0 Å². The molecule has 0 fully saturated rings. The molecule has 0 heterocycles. The van der Waals surface area contributed by atoms with Gasteiger partial charge in [-0.2, -0.15) is 0 Å². The summed E-state index contributed by atoms with van der Waals surface area (Å²) >= 11 is 6.46. The van der Waals surface area contributed by atoms with Gasteiger partial charge in [-0.1, -0.05) is 57.5 Å². The van der Waals surface area contributed by atoms with E-state index in [0.29, 0.717) is 5.92 Å². The van der Waals surface area contributed by atoms with Crippen molar-refractivity contribution >= 4 is 11.6 Å². The second-order valence-electron chi connectivity index (χ2n) is 4.54. The third kappa shape index (κ3) is 3.87. The number of benzene rings is 1. The average molecular weight is 225 g/mol. The predicted molar refractivity (Wildman–Crippen MR) is 68.3 cm³/mol. The maximum atomic E-state index is 6.46. The lowest BCUT2D eigenvalue weighted by molar-refractivity contribution is 0.396. The summed E-state index contributed by atoms with van der Waals surface area (Å²) in [7, 11) is 0. The minimum atomic E-state index is 0.153. The highest BCUT2D eigenvalue weighted by molar-refractivity contribution is 6.20. The van der Waals surface area contributed by atoms with E-state index < -0.39 is 0 Å². The molecule has 1 aromatic carbocycles. The fourth-order valence-corrected chi connectivity index (χ4v) is 2.13. The van der Waals surface area contributed by atoms with Crippen molar-refractivity contribution in [2.75, 3.05) is 0 Å². The van der Waals surface area contributed by atoms with E-state index in [1.807, 2.05) is 6.07 Å². The van der Waals surface area contributed by atoms with Gasteiger partial charge in [0.05, 0.1) is 5.38 Å². The summed E-state index contributed by atoms with van der Waals surface area (Å²) in [4.78, 5) is 0. The molecule has 0 aliphatic heterocycles. The maximum Gasteiger partial charge on any atom is 0.0610 e. The molecule has 3 atom stereocenters. The Labute approximate surface area is 98.7 Å². The quantitative estimate of drug-likeness (QED) is 0.615. The van der Waals surface area contributed by atoms with E-state index in [2.05, 4.69) is 45.0 Å². The molecule has 0 amide bonds. The van der Waals surface area contributed by atoms with Crippen molar-refractivity contribution in [3.05, 3.63) is 35.9 Å². The van der Waals surface area contributed by atoms with E-state index in [0.717, 1.165) is 5.92 Å². The summed E-state index contributed by atoms with van der Waals surface area (Å²) in [6, 6.07) is 10.4. The fourth-order valence-electron chi connectivity index (χ4n) is 1.89. The van der Waals surface area contributed by atoms with Gasteiger partial charge in [-0.15, -0.1) is 11.6 Å². The van der Waals surface area contributed by atoms with E-state index >= 15 is 0 Å². The zero-order chi connectivity index (χ0) is 11.3. The van der Waals surface area contributed by atoms with Crippen molar-refractivity contribution in [1.82, 2.24) is 0 Å². The number of hydrogen-bond acceptors (Lipinski definition) is 0. The lowest BCUT2D eigenvalue weighted by Crippen LogP contribution is -2.08. The molecular formula is C14H21Cl. The van der Waals surface area contributed by atoms with E-state index in [1.54, 1.807) is 0 Å². The summed E-state index contributed by atoms with van der Waals surface area (Å²) in [5, 5.41) is 0.153. The van der Waals surface area contributed by atoms with Crippen LogP contribution >= 0.6 is 11.6 Å². The van der Waals surface area contributed by atoms with Crippen LogP contribution in [0.2, 0.25) is 0 Å². The third-order valence-corrected chi connectivity index (χ3v) is 3.77. The predicted octanol–water partition coefficient (Wildman–Crippen LogP) is 5.04. The normalized spacial score (nSPS) is 17.1. The van der Waals surface area contributed by atoms with Gasteiger partial charge in [-0.05, 0) is 23.8 Å². The van der Waals surface area contributed by atoms with Crippen LogP contribution in [0.25, 0.3) is 0 Å². The highest BCUT2D eigenvalue weighted by Crippen LogP contribution is 2.33. The fraction of sp³-hybridized carbons (Fsp3) is 0.571. The topological polar surface area (TPSA) is 0 Å². The van der Waals surface area contributed by atoms with E-state index in [1.165, 1.54) is 18.4 Å². The Bertz CT molecular complexity index is 268.